The van der Waals surface area contributed by atoms with Gasteiger partial charge >= 0.3 is 18.2 Å². The maximum absolute atomic E-state index is 13.4. The number of alkyl halides is 3. The van der Waals surface area contributed by atoms with E-state index in [0.29, 0.717) is 12.8 Å². The monoisotopic (exact) mass is 466 g/mol. The normalized spacial score (nSPS) is 13.2. The Morgan fingerprint density at radius 3 is 2.20 bits per heavy atom. The van der Waals surface area contributed by atoms with Crippen LogP contribution in [0.5, 0.6) is 5.75 Å². The summed E-state index contributed by atoms with van der Waals surface area (Å²) in [5.74, 6) is -2.17. The number of carbonyl (C=O) groups is 2. The quantitative estimate of drug-likeness (QED) is 0.560. The topological polar surface area (TPSA) is 96.9 Å². The Bertz CT molecular complexity index is 971. The molecule has 12 heteroatoms. The number of carbonyl (C=O) groups excluding carboxylic acids is 2. The number of hydrogen-bond acceptors (Lipinski definition) is 5. The first kappa shape index (κ1) is 23.6. The van der Waals surface area contributed by atoms with Crippen molar-refractivity contribution >= 4 is 46.6 Å². The fourth-order valence-electron chi connectivity index (χ4n) is 2.42. The van der Waals surface area contributed by atoms with Gasteiger partial charge < -0.3 is 25.2 Å². The van der Waals surface area contributed by atoms with Crippen molar-refractivity contribution < 1.29 is 37.3 Å². The number of benzene rings is 2. The molecule has 0 fully saturated rings. The summed E-state index contributed by atoms with van der Waals surface area (Å²) in [4.78, 5) is 23.8. The maximum Gasteiger partial charge on any atom is 0.432 e. The Labute approximate surface area is 178 Å². The molecule has 0 radical (unpaired) electrons. The Kier molecular flexibility index (Phi) is 7.06. The lowest BCUT2D eigenvalue weighted by Gasteiger charge is -2.28. The molecule has 0 saturated carbocycles. The zero-order valence-corrected chi connectivity index (χ0v) is 16.9. The predicted octanol–water partition coefficient (Wildman–Crippen LogP) is 4.57. The zero-order valence-electron chi connectivity index (χ0n) is 15.4. The van der Waals surface area contributed by atoms with E-state index in [0.717, 1.165) is 25.3 Å². The molecule has 0 saturated heterocycles. The van der Waals surface area contributed by atoms with Gasteiger partial charge in [-0.05, 0) is 30.3 Å². The van der Waals surface area contributed by atoms with Crippen molar-refractivity contribution in [3.8, 4) is 5.75 Å². The van der Waals surface area contributed by atoms with Crippen LogP contribution in [0.25, 0.3) is 0 Å². The van der Waals surface area contributed by atoms with Gasteiger partial charge in [-0.25, -0.2) is 9.59 Å². The van der Waals surface area contributed by atoms with Crippen molar-refractivity contribution in [1.29, 1.82) is 0 Å². The lowest BCUT2D eigenvalue weighted by Crippen LogP contribution is -2.49. The number of amides is 2. The van der Waals surface area contributed by atoms with Crippen LogP contribution >= 0.6 is 23.2 Å². The second kappa shape index (κ2) is 8.99. The first-order chi connectivity index (χ1) is 13.9. The van der Waals surface area contributed by atoms with E-state index in [1.54, 1.807) is 0 Å². The molecule has 162 valence electrons. The lowest BCUT2D eigenvalue weighted by atomic mass is 9.92. The molecule has 0 heterocycles. The van der Waals surface area contributed by atoms with Gasteiger partial charge in [0.15, 0.2) is 0 Å². The Morgan fingerprint density at radius 1 is 1.00 bits per heavy atom. The van der Waals surface area contributed by atoms with Gasteiger partial charge in [0.05, 0.1) is 30.0 Å². The highest BCUT2D eigenvalue weighted by molar-refractivity contribution is 6.42. The molecule has 2 aromatic rings. The zero-order chi connectivity index (χ0) is 22.7. The van der Waals surface area contributed by atoms with Gasteiger partial charge in [0.2, 0.25) is 0 Å². The number of rotatable bonds is 5. The second-order valence-electron chi connectivity index (χ2n) is 5.82. The van der Waals surface area contributed by atoms with E-state index in [4.69, 9.17) is 27.9 Å². The maximum atomic E-state index is 13.4. The van der Waals surface area contributed by atoms with E-state index < -0.39 is 29.3 Å². The number of hydrogen-bond donors (Lipinski definition) is 3. The van der Waals surface area contributed by atoms with Gasteiger partial charge in [-0.1, -0.05) is 29.3 Å². The molecule has 0 aliphatic carbocycles. The second-order valence-corrected chi connectivity index (χ2v) is 6.64. The van der Waals surface area contributed by atoms with E-state index in [1.807, 2.05) is 0 Å². The minimum absolute atomic E-state index is 0.0341. The van der Waals surface area contributed by atoms with Crippen molar-refractivity contribution in [3.05, 3.63) is 52.0 Å². The van der Waals surface area contributed by atoms with E-state index in [2.05, 4.69) is 15.4 Å². The molecule has 2 amide bonds. The molecule has 2 aromatic carbocycles. The van der Waals surface area contributed by atoms with E-state index in [1.165, 1.54) is 18.2 Å². The molecule has 0 spiro atoms. The third-order valence-electron chi connectivity index (χ3n) is 3.94. The molecule has 3 N–H and O–H groups in total. The van der Waals surface area contributed by atoms with Crippen LogP contribution < -0.4 is 15.4 Å². The number of esters is 1. The fourth-order valence-corrected chi connectivity index (χ4v) is 2.72. The summed E-state index contributed by atoms with van der Waals surface area (Å²) in [6, 6.07) is 6.17. The summed E-state index contributed by atoms with van der Waals surface area (Å²) in [6.07, 6.45) is -5.37. The number of halogens is 5. The van der Waals surface area contributed by atoms with Gasteiger partial charge in [-0.3, -0.25) is 0 Å². The summed E-state index contributed by atoms with van der Waals surface area (Å²) in [5, 5.41) is 15.4. The van der Waals surface area contributed by atoms with Crippen LogP contribution in [0.1, 0.15) is 5.56 Å². The number of nitrogens with one attached hydrogen (secondary N) is 2. The third kappa shape index (κ3) is 4.72. The van der Waals surface area contributed by atoms with Crippen LogP contribution in [0, 0.1) is 0 Å². The van der Waals surface area contributed by atoms with Crippen LogP contribution in [0.15, 0.2) is 36.4 Å². The number of anilines is 2. The molecule has 1 atom stereocenters. The highest BCUT2D eigenvalue weighted by atomic mass is 35.5. The third-order valence-corrected chi connectivity index (χ3v) is 4.68. The van der Waals surface area contributed by atoms with Gasteiger partial charge in [0, 0.05) is 11.3 Å². The molecular formula is C18H15Cl2F3N2O5. The van der Waals surface area contributed by atoms with Gasteiger partial charge in [-0.2, -0.15) is 13.2 Å². The molecule has 2 rings (SSSR count). The summed E-state index contributed by atoms with van der Waals surface area (Å²) in [5.41, 5.74) is -4.51. The first-order valence-electron chi connectivity index (χ1n) is 8.03. The van der Waals surface area contributed by atoms with Crippen LogP contribution in [0.2, 0.25) is 10.0 Å². The summed E-state index contributed by atoms with van der Waals surface area (Å²) in [6.45, 7) is 0. The average molecular weight is 467 g/mol. The molecule has 0 aliphatic heterocycles. The van der Waals surface area contributed by atoms with Crippen LogP contribution in [-0.2, 0) is 15.1 Å². The summed E-state index contributed by atoms with van der Waals surface area (Å²) < 4.78 is 49.2. The van der Waals surface area contributed by atoms with E-state index in [9.17, 15) is 27.9 Å². The molecule has 0 aromatic heterocycles. The van der Waals surface area contributed by atoms with Crippen LogP contribution in [0.4, 0.5) is 29.3 Å². The molecule has 0 bridgehead atoms. The molecule has 0 aliphatic rings. The fraction of sp³-hybridized carbons (Fsp3) is 0.222. The van der Waals surface area contributed by atoms with Crippen LogP contribution in [0.3, 0.4) is 0 Å². The largest absolute Gasteiger partial charge is 0.495 e. The molecule has 7 nitrogen and oxygen atoms in total. The number of urea groups is 1. The van der Waals surface area contributed by atoms with Gasteiger partial charge in [-0.15, -0.1) is 0 Å². The van der Waals surface area contributed by atoms with Crippen molar-refractivity contribution in [1.82, 2.24) is 0 Å². The average Bonchev–Trinajstić information content (AvgIpc) is 2.68. The van der Waals surface area contributed by atoms with Crippen molar-refractivity contribution in [2.24, 2.45) is 0 Å². The molecule has 0 unspecified atom stereocenters. The van der Waals surface area contributed by atoms with Crippen molar-refractivity contribution in [2.45, 2.75) is 11.8 Å². The minimum Gasteiger partial charge on any atom is -0.495 e. The van der Waals surface area contributed by atoms with E-state index in [-0.39, 0.29) is 21.5 Å². The lowest BCUT2D eigenvalue weighted by molar-refractivity contribution is -0.266. The van der Waals surface area contributed by atoms with Gasteiger partial charge in [0.1, 0.15) is 5.75 Å². The SMILES string of the molecule is COC(=O)[C@](O)(c1ccc(NC(=O)Nc2ccc(Cl)c(Cl)c2)c(OC)c1)C(F)(F)F. The number of methoxy groups -OCH3 is 2. The molecule has 30 heavy (non-hydrogen) atoms. The summed E-state index contributed by atoms with van der Waals surface area (Å²) >= 11 is 11.7. The minimum atomic E-state index is -5.37. The van der Waals surface area contributed by atoms with Crippen molar-refractivity contribution in [2.75, 3.05) is 24.9 Å². The number of ether oxygens (including phenoxy) is 2. The Hall–Kier alpha value is -2.69. The molecular weight excluding hydrogens is 452 g/mol. The summed E-state index contributed by atoms with van der Waals surface area (Å²) in [7, 11) is 1.84. The highest BCUT2D eigenvalue weighted by Gasteiger charge is 2.62. The standard InChI is InChI=1S/C18H15Cl2F3N2O5/c1-29-14-7-9(17(28,15(26)30-2)18(21,22)23)3-6-13(14)25-16(27)24-10-4-5-11(19)12(20)8-10/h3-8,28H,1-2H3,(H2,24,25,27)/t17-/m1/s1. The highest BCUT2D eigenvalue weighted by Crippen LogP contribution is 2.42. The Balaban J connectivity index is 2.31. The van der Waals surface area contributed by atoms with Gasteiger partial charge in [0.25, 0.3) is 5.60 Å². The first-order valence-corrected chi connectivity index (χ1v) is 8.78. The van der Waals surface area contributed by atoms with E-state index >= 15 is 0 Å². The number of aliphatic hydroxyl groups is 1. The smallest absolute Gasteiger partial charge is 0.432 e. The predicted molar refractivity (Wildman–Crippen MR) is 104 cm³/mol. The Morgan fingerprint density at radius 2 is 1.67 bits per heavy atom. The van der Waals surface area contributed by atoms with Crippen molar-refractivity contribution in [3.63, 3.8) is 0 Å². The van der Waals surface area contributed by atoms with Crippen LogP contribution in [-0.4, -0.2) is 37.5 Å².